The molecule has 1 aliphatic rings. The molecule has 0 bridgehead atoms. The van der Waals surface area contributed by atoms with Gasteiger partial charge in [0.1, 0.15) is 0 Å². The minimum absolute atomic E-state index is 0.0277. The number of hydrogen-bond acceptors (Lipinski definition) is 9. The van der Waals surface area contributed by atoms with Crippen LogP contribution in [0.15, 0.2) is 53.8 Å². The predicted molar refractivity (Wildman–Crippen MR) is 147 cm³/mol. The lowest BCUT2D eigenvalue weighted by Crippen LogP contribution is -2.53. The lowest BCUT2D eigenvalue weighted by atomic mass is 9.78. The number of aromatic nitrogens is 4. The summed E-state index contributed by atoms with van der Waals surface area (Å²) in [7, 11) is -4.05. The van der Waals surface area contributed by atoms with Crippen molar-refractivity contribution < 1.29 is 27.1 Å². The average molecular weight is 588 g/mol. The lowest BCUT2D eigenvalue weighted by Gasteiger charge is -2.44. The van der Waals surface area contributed by atoms with Crippen molar-refractivity contribution in [3.8, 4) is 11.4 Å². The second kappa shape index (κ2) is 10.8. The third kappa shape index (κ3) is 5.26. The molecule has 5 rings (SSSR count). The molecule has 10 nitrogen and oxygen atoms in total. The van der Waals surface area contributed by atoms with Crippen LogP contribution >= 0.6 is 11.6 Å². The van der Waals surface area contributed by atoms with E-state index in [1.165, 1.54) is 24.5 Å². The number of ether oxygens (including phenoxy) is 2. The molecule has 4 heterocycles. The van der Waals surface area contributed by atoms with Gasteiger partial charge in [0.2, 0.25) is 0 Å². The minimum atomic E-state index is -4.05. The third-order valence-corrected chi connectivity index (χ3v) is 8.70. The van der Waals surface area contributed by atoms with Crippen LogP contribution in [-0.4, -0.2) is 59.2 Å². The Morgan fingerprint density at radius 2 is 1.98 bits per heavy atom. The number of nitrogens with zero attached hydrogens (tertiary/aromatic N) is 4. The Bertz CT molecular complexity index is 1690. The average Bonchev–Trinajstić information content (AvgIpc) is 3.28. The zero-order chi connectivity index (χ0) is 28.7. The molecule has 1 saturated heterocycles. The first-order chi connectivity index (χ1) is 19.0. The molecule has 0 amide bonds. The molecule has 1 fully saturated rings. The minimum Gasteiger partial charge on any atom is -0.466 e. The smallest absolute Gasteiger partial charge is 0.307 e. The van der Waals surface area contributed by atoms with Crippen LogP contribution in [0, 0.1) is 18.2 Å². The van der Waals surface area contributed by atoms with E-state index in [-0.39, 0.29) is 45.8 Å². The standard InChI is InChI=1S/C27H27ClFN5O5S/c1-4-39-23(35)10-22(27(3)14-38-15-27)32-25-21(29)12-30-24(33-25)20-13-34(26-19(20)9-17(28)11-31-26)40(36,37)18-7-5-16(2)6-8-18/h5-9,11-13,22H,4,10,14-15H2,1-3H3,(H,30,32,33). The molecule has 0 saturated carbocycles. The highest BCUT2D eigenvalue weighted by Gasteiger charge is 2.43. The van der Waals surface area contributed by atoms with Crippen molar-refractivity contribution in [2.45, 2.75) is 38.1 Å². The summed E-state index contributed by atoms with van der Waals surface area (Å²) in [6.07, 6.45) is 3.65. The maximum Gasteiger partial charge on any atom is 0.307 e. The highest BCUT2D eigenvalue weighted by Crippen LogP contribution is 2.36. The highest BCUT2D eigenvalue weighted by molar-refractivity contribution is 7.90. The summed E-state index contributed by atoms with van der Waals surface area (Å²) >= 11 is 6.22. The summed E-state index contributed by atoms with van der Waals surface area (Å²) < 4.78 is 53.7. The van der Waals surface area contributed by atoms with E-state index >= 15 is 0 Å². The highest BCUT2D eigenvalue weighted by atomic mass is 35.5. The summed E-state index contributed by atoms with van der Waals surface area (Å²) in [5.41, 5.74) is 0.843. The SMILES string of the molecule is CCOC(=O)CC(Nc1nc(-c2cn(S(=O)(=O)c3ccc(C)cc3)c3ncc(Cl)cc23)ncc1F)C1(C)COC1. The molecule has 210 valence electrons. The van der Waals surface area contributed by atoms with Gasteiger partial charge in [-0.3, -0.25) is 4.79 Å². The van der Waals surface area contributed by atoms with Gasteiger partial charge in [-0.05, 0) is 32.0 Å². The van der Waals surface area contributed by atoms with E-state index in [1.807, 2.05) is 13.8 Å². The number of carbonyl (C=O) groups is 1. The fourth-order valence-corrected chi connectivity index (χ4v) is 5.97. The van der Waals surface area contributed by atoms with Gasteiger partial charge in [-0.15, -0.1) is 0 Å². The Morgan fingerprint density at radius 3 is 2.62 bits per heavy atom. The Hall–Kier alpha value is -3.61. The lowest BCUT2D eigenvalue weighted by molar-refractivity contribution is -0.149. The Balaban J connectivity index is 1.58. The van der Waals surface area contributed by atoms with Crippen molar-refractivity contribution in [2.24, 2.45) is 5.41 Å². The van der Waals surface area contributed by atoms with E-state index in [9.17, 15) is 17.6 Å². The van der Waals surface area contributed by atoms with Gasteiger partial charge in [0.25, 0.3) is 10.0 Å². The van der Waals surface area contributed by atoms with Crippen LogP contribution in [0.2, 0.25) is 5.02 Å². The fourth-order valence-electron chi connectivity index (χ4n) is 4.49. The second-order valence-corrected chi connectivity index (χ2v) is 12.2. The number of aryl methyl sites for hydroxylation is 1. The topological polar surface area (TPSA) is 125 Å². The van der Waals surface area contributed by atoms with Crippen molar-refractivity contribution >= 4 is 44.4 Å². The molecule has 4 aromatic rings. The molecule has 1 aliphatic heterocycles. The van der Waals surface area contributed by atoms with Gasteiger partial charge in [0.15, 0.2) is 23.1 Å². The Morgan fingerprint density at radius 1 is 1.25 bits per heavy atom. The molecule has 1 aromatic carbocycles. The van der Waals surface area contributed by atoms with E-state index < -0.39 is 33.3 Å². The number of hydrogen-bond donors (Lipinski definition) is 1. The number of anilines is 1. The molecule has 0 radical (unpaired) electrons. The predicted octanol–water partition coefficient (Wildman–Crippen LogP) is 4.60. The normalized spacial score (nSPS) is 15.4. The number of fused-ring (bicyclic) bond motifs is 1. The number of nitrogens with one attached hydrogen (secondary N) is 1. The van der Waals surface area contributed by atoms with Gasteiger partial charge in [-0.25, -0.2) is 31.7 Å². The molecule has 1 N–H and O–H groups in total. The molecule has 40 heavy (non-hydrogen) atoms. The summed E-state index contributed by atoms with van der Waals surface area (Å²) in [4.78, 5) is 25.2. The molecule has 1 atom stereocenters. The van der Waals surface area contributed by atoms with Gasteiger partial charge in [0, 0.05) is 34.8 Å². The summed E-state index contributed by atoms with van der Waals surface area (Å²) in [6, 6.07) is 7.43. The first-order valence-corrected chi connectivity index (χ1v) is 14.4. The van der Waals surface area contributed by atoms with Crippen molar-refractivity contribution in [3.05, 3.63) is 65.3 Å². The zero-order valence-corrected chi connectivity index (χ0v) is 23.6. The van der Waals surface area contributed by atoms with Gasteiger partial charge in [0.05, 0.1) is 42.4 Å². The van der Waals surface area contributed by atoms with E-state index in [2.05, 4.69) is 20.3 Å². The Labute approximate surface area is 235 Å². The van der Waals surface area contributed by atoms with Crippen LogP contribution in [0.4, 0.5) is 10.2 Å². The molecular weight excluding hydrogens is 561 g/mol. The second-order valence-electron chi connectivity index (χ2n) is 9.92. The van der Waals surface area contributed by atoms with Crippen LogP contribution in [0.3, 0.4) is 0 Å². The van der Waals surface area contributed by atoms with Crippen molar-refractivity contribution in [1.82, 2.24) is 18.9 Å². The first-order valence-electron chi connectivity index (χ1n) is 12.5. The van der Waals surface area contributed by atoms with Crippen LogP contribution in [0.25, 0.3) is 22.4 Å². The van der Waals surface area contributed by atoms with Crippen LogP contribution in [0.5, 0.6) is 0 Å². The van der Waals surface area contributed by atoms with Crippen LogP contribution in [-0.2, 0) is 24.3 Å². The molecular formula is C27H27ClFN5O5S. The van der Waals surface area contributed by atoms with Crippen molar-refractivity contribution in [1.29, 1.82) is 0 Å². The summed E-state index contributed by atoms with van der Waals surface area (Å²) in [5.74, 6) is -1.29. The van der Waals surface area contributed by atoms with Crippen LogP contribution < -0.4 is 5.32 Å². The number of carbonyl (C=O) groups excluding carboxylic acids is 1. The van der Waals surface area contributed by atoms with Crippen molar-refractivity contribution in [2.75, 3.05) is 25.1 Å². The van der Waals surface area contributed by atoms with Gasteiger partial charge in [-0.1, -0.05) is 36.2 Å². The number of halogens is 2. The molecule has 3 aromatic heterocycles. The number of benzene rings is 1. The van der Waals surface area contributed by atoms with E-state index in [1.54, 1.807) is 25.1 Å². The Kier molecular flexibility index (Phi) is 7.51. The number of rotatable bonds is 9. The van der Waals surface area contributed by atoms with Crippen molar-refractivity contribution in [3.63, 3.8) is 0 Å². The maximum absolute atomic E-state index is 15.0. The van der Waals surface area contributed by atoms with E-state index in [0.29, 0.717) is 18.6 Å². The number of pyridine rings is 1. The largest absolute Gasteiger partial charge is 0.466 e. The maximum atomic E-state index is 15.0. The molecule has 0 spiro atoms. The zero-order valence-electron chi connectivity index (χ0n) is 22.0. The van der Waals surface area contributed by atoms with Gasteiger partial charge in [-0.2, -0.15) is 0 Å². The molecule has 13 heteroatoms. The first kappa shape index (κ1) is 27.9. The summed E-state index contributed by atoms with van der Waals surface area (Å²) in [6.45, 7) is 6.45. The van der Waals surface area contributed by atoms with Gasteiger partial charge >= 0.3 is 5.97 Å². The monoisotopic (exact) mass is 587 g/mol. The van der Waals surface area contributed by atoms with Gasteiger partial charge < -0.3 is 14.8 Å². The van der Waals surface area contributed by atoms with E-state index in [0.717, 1.165) is 15.7 Å². The number of esters is 1. The fraction of sp³-hybridized carbons (Fsp3) is 0.333. The van der Waals surface area contributed by atoms with Crippen LogP contribution in [0.1, 0.15) is 25.8 Å². The third-order valence-electron chi connectivity index (χ3n) is 6.83. The quantitative estimate of drug-likeness (QED) is 0.280. The molecule has 0 aliphatic carbocycles. The van der Waals surface area contributed by atoms with E-state index in [4.69, 9.17) is 21.1 Å². The molecule has 1 unspecified atom stereocenters. The summed E-state index contributed by atoms with van der Waals surface area (Å²) in [5, 5.41) is 3.68.